The zero-order chi connectivity index (χ0) is 26.2. The highest BCUT2D eigenvalue weighted by Gasteiger charge is 2.51. The average molecular weight is 523 g/mol. The lowest BCUT2D eigenvalue weighted by Crippen LogP contribution is -2.38. The molecule has 5 rings (SSSR count). The van der Waals surface area contributed by atoms with E-state index in [2.05, 4.69) is 50.8 Å². The van der Waals surface area contributed by atoms with Gasteiger partial charge < -0.3 is 16.0 Å². The molecule has 3 aliphatic rings. The lowest BCUT2D eigenvalue weighted by atomic mass is 9.86. The zero-order valence-corrected chi connectivity index (χ0v) is 22.8. The fourth-order valence-corrected chi connectivity index (χ4v) is 6.90. The Morgan fingerprint density at radius 1 is 1.32 bits per heavy atom. The number of carbonyl (C=O) groups is 1. The van der Waals surface area contributed by atoms with Crippen LogP contribution >= 0.6 is 11.3 Å². The molecular weight excluding hydrogens is 487 g/mol. The van der Waals surface area contributed by atoms with Gasteiger partial charge >= 0.3 is 0 Å². The number of aliphatic imine (C=N–C) groups is 1. The summed E-state index contributed by atoms with van der Waals surface area (Å²) in [5, 5.41) is 9.62. The van der Waals surface area contributed by atoms with Crippen LogP contribution in [0.25, 0.3) is 10.6 Å². The van der Waals surface area contributed by atoms with Crippen molar-refractivity contribution in [2.75, 3.05) is 32.0 Å². The van der Waals surface area contributed by atoms with Crippen LogP contribution in [0.15, 0.2) is 34.5 Å². The summed E-state index contributed by atoms with van der Waals surface area (Å²) in [6.07, 6.45) is 10.6. The van der Waals surface area contributed by atoms with Crippen LogP contribution in [0.1, 0.15) is 66.8 Å². The first-order valence-corrected chi connectivity index (χ1v) is 14.0. The number of thiophene rings is 1. The van der Waals surface area contributed by atoms with Crippen LogP contribution < -0.4 is 16.0 Å². The Balaban J connectivity index is 1.41. The summed E-state index contributed by atoms with van der Waals surface area (Å²) in [6.45, 7) is 8.99. The molecule has 3 N–H and O–H groups in total. The number of aromatic nitrogens is 2. The first kappa shape index (κ1) is 25.7. The summed E-state index contributed by atoms with van der Waals surface area (Å²) in [4.78, 5) is 27.5. The Morgan fingerprint density at radius 2 is 2.08 bits per heavy atom. The molecule has 4 heterocycles. The van der Waals surface area contributed by atoms with Gasteiger partial charge in [0.2, 0.25) is 5.95 Å². The van der Waals surface area contributed by atoms with E-state index in [1.54, 1.807) is 7.05 Å². The van der Waals surface area contributed by atoms with E-state index in [1.807, 2.05) is 13.0 Å². The first-order chi connectivity index (χ1) is 17.9. The maximum absolute atomic E-state index is 15.0. The van der Waals surface area contributed by atoms with Crippen molar-refractivity contribution in [2.24, 2.45) is 10.9 Å². The number of piperidine rings is 1. The zero-order valence-electron chi connectivity index (χ0n) is 22.0. The van der Waals surface area contributed by atoms with Crippen LogP contribution in [0.5, 0.6) is 0 Å². The maximum atomic E-state index is 15.0. The molecule has 2 aromatic heterocycles. The van der Waals surface area contributed by atoms with E-state index in [4.69, 9.17) is 0 Å². The molecular formula is C28H35FN6OS. The molecule has 0 bridgehead atoms. The summed E-state index contributed by atoms with van der Waals surface area (Å²) >= 11 is 1.50. The Bertz CT molecular complexity index is 1300. The van der Waals surface area contributed by atoms with Gasteiger partial charge in [-0.25, -0.2) is 14.4 Å². The van der Waals surface area contributed by atoms with Gasteiger partial charge in [0, 0.05) is 23.9 Å². The minimum absolute atomic E-state index is 0.0184. The third kappa shape index (κ3) is 4.99. The first-order valence-electron chi connectivity index (χ1n) is 13.1. The summed E-state index contributed by atoms with van der Waals surface area (Å²) in [7, 11) is 1.71. The number of rotatable bonds is 6. The molecule has 2 aliphatic heterocycles. The highest BCUT2D eigenvalue weighted by Crippen LogP contribution is 2.55. The van der Waals surface area contributed by atoms with E-state index in [9.17, 15) is 4.79 Å². The van der Waals surface area contributed by atoms with E-state index < -0.39 is 5.82 Å². The summed E-state index contributed by atoms with van der Waals surface area (Å²) in [6, 6.07) is 0. The fraction of sp³-hybridized carbons (Fsp3) is 0.500. The van der Waals surface area contributed by atoms with Gasteiger partial charge in [0.1, 0.15) is 11.5 Å². The SMILES string of the molecule is CC/C(C)=C(/C=C\C(=N/C)Nc1ncc(F)c(-c2sc3c(c2C)C(=O)NCC32CC2)n1)C1CCNCC1. The van der Waals surface area contributed by atoms with Crippen molar-refractivity contribution < 1.29 is 9.18 Å². The molecule has 9 heteroatoms. The topological polar surface area (TPSA) is 91.3 Å². The molecule has 1 saturated heterocycles. The molecule has 0 unspecified atom stereocenters. The van der Waals surface area contributed by atoms with Crippen LogP contribution in [-0.2, 0) is 5.41 Å². The molecule has 7 nitrogen and oxygen atoms in total. The van der Waals surface area contributed by atoms with Crippen LogP contribution in [-0.4, -0.2) is 48.4 Å². The average Bonchev–Trinajstić information content (AvgIpc) is 3.61. The number of fused-ring (bicyclic) bond motifs is 2. The fourth-order valence-electron chi connectivity index (χ4n) is 5.36. The molecule has 2 fully saturated rings. The molecule has 1 saturated carbocycles. The van der Waals surface area contributed by atoms with Crippen LogP contribution in [0.2, 0.25) is 0 Å². The van der Waals surface area contributed by atoms with E-state index in [0.29, 0.717) is 28.7 Å². The smallest absolute Gasteiger partial charge is 0.252 e. The number of hydrogen-bond acceptors (Lipinski definition) is 6. The Hall–Kier alpha value is -2.91. The summed E-state index contributed by atoms with van der Waals surface area (Å²) in [5.41, 5.74) is 4.45. The number of amides is 1. The highest BCUT2D eigenvalue weighted by atomic mass is 32.1. The second kappa shape index (κ2) is 10.5. The number of allylic oxidation sites excluding steroid dienone is 3. The normalized spacial score (nSPS) is 20.1. The van der Waals surface area contributed by atoms with Gasteiger partial charge in [-0.1, -0.05) is 18.6 Å². The minimum atomic E-state index is -0.502. The Morgan fingerprint density at radius 3 is 2.76 bits per heavy atom. The second-order valence-electron chi connectivity index (χ2n) is 10.3. The molecule has 196 valence electrons. The number of halogens is 1. The van der Waals surface area contributed by atoms with Crippen LogP contribution in [0.3, 0.4) is 0 Å². The standard InChI is InChI=1S/C28H35FN6OS/c1-5-16(2)19(18-8-12-31-13-9-18)6-7-21(30-4)34-27-32-14-20(29)23(35-27)24-17(3)22-25(37-24)28(10-11-28)15-33-26(22)36/h6-7,14,18,31H,5,8-13,15H2,1-4H3,(H,33,36)(H,30,32,34,35)/b7-6-,19-16-. The van der Waals surface area contributed by atoms with Gasteiger partial charge in [0.15, 0.2) is 5.82 Å². The quantitative estimate of drug-likeness (QED) is 0.277. The molecule has 0 atom stereocenters. The highest BCUT2D eigenvalue weighted by molar-refractivity contribution is 7.16. The number of nitrogens with zero attached hydrogens (tertiary/aromatic N) is 3. The van der Waals surface area contributed by atoms with Crippen molar-refractivity contribution in [3.05, 3.63) is 51.3 Å². The van der Waals surface area contributed by atoms with E-state index in [0.717, 1.165) is 55.6 Å². The summed E-state index contributed by atoms with van der Waals surface area (Å²) < 4.78 is 15.0. The second-order valence-corrected chi connectivity index (χ2v) is 11.3. The van der Waals surface area contributed by atoms with Gasteiger partial charge in [0.05, 0.1) is 16.6 Å². The molecule has 37 heavy (non-hydrogen) atoms. The molecule has 1 aliphatic carbocycles. The van der Waals surface area contributed by atoms with Gasteiger partial charge in [-0.2, -0.15) is 0 Å². The largest absolute Gasteiger partial charge is 0.351 e. The third-order valence-electron chi connectivity index (χ3n) is 7.96. The van der Waals surface area contributed by atoms with E-state index in [1.165, 1.54) is 28.7 Å². The number of anilines is 1. The lowest BCUT2D eigenvalue weighted by molar-refractivity contribution is 0.0938. The molecule has 0 aromatic carbocycles. The van der Waals surface area contributed by atoms with Gasteiger partial charge in [-0.05, 0) is 82.2 Å². The number of carbonyl (C=O) groups excluding carboxylic acids is 1. The van der Waals surface area contributed by atoms with Gasteiger partial charge in [-0.15, -0.1) is 11.3 Å². The minimum Gasteiger partial charge on any atom is -0.351 e. The predicted molar refractivity (Wildman–Crippen MR) is 148 cm³/mol. The maximum Gasteiger partial charge on any atom is 0.252 e. The van der Waals surface area contributed by atoms with Crippen molar-refractivity contribution >= 4 is 29.0 Å². The van der Waals surface area contributed by atoms with Gasteiger partial charge in [-0.3, -0.25) is 9.79 Å². The number of hydrogen-bond donors (Lipinski definition) is 3. The van der Waals surface area contributed by atoms with Crippen molar-refractivity contribution in [1.82, 2.24) is 20.6 Å². The molecule has 1 amide bonds. The lowest BCUT2D eigenvalue weighted by Gasteiger charge is -2.25. The molecule has 0 radical (unpaired) electrons. The van der Waals surface area contributed by atoms with Crippen LogP contribution in [0, 0.1) is 18.7 Å². The predicted octanol–water partition coefficient (Wildman–Crippen LogP) is 5.15. The van der Waals surface area contributed by atoms with Crippen LogP contribution in [0.4, 0.5) is 10.3 Å². The van der Waals surface area contributed by atoms with Crippen molar-refractivity contribution in [3.63, 3.8) is 0 Å². The Labute approximate surface area is 221 Å². The summed E-state index contributed by atoms with van der Waals surface area (Å²) in [5.74, 6) is 0.830. The van der Waals surface area contributed by atoms with Crippen molar-refractivity contribution in [1.29, 1.82) is 0 Å². The molecule has 1 spiro atoms. The van der Waals surface area contributed by atoms with E-state index >= 15 is 4.39 Å². The number of nitrogens with one attached hydrogen (secondary N) is 3. The van der Waals surface area contributed by atoms with Crippen molar-refractivity contribution in [2.45, 2.75) is 58.3 Å². The molecule has 2 aromatic rings. The van der Waals surface area contributed by atoms with Gasteiger partial charge in [0.25, 0.3) is 5.91 Å². The third-order valence-corrected chi connectivity index (χ3v) is 9.50. The monoisotopic (exact) mass is 522 g/mol. The Kier molecular flexibility index (Phi) is 7.27. The van der Waals surface area contributed by atoms with E-state index in [-0.39, 0.29) is 23.0 Å². The number of amidine groups is 1. The van der Waals surface area contributed by atoms with Crippen molar-refractivity contribution in [3.8, 4) is 10.6 Å².